The molecule has 2 heterocycles. The topological polar surface area (TPSA) is 57.5 Å². The zero-order chi connectivity index (χ0) is 18.2. The van der Waals surface area contributed by atoms with Gasteiger partial charge in [0.1, 0.15) is 0 Å². The average molecular weight is 355 g/mol. The van der Waals surface area contributed by atoms with E-state index in [4.69, 9.17) is 4.99 Å². The maximum Gasteiger partial charge on any atom is 0.191 e. The molecule has 0 radical (unpaired) electrons. The molecule has 1 aromatic heterocycles. The zero-order valence-electron chi connectivity index (χ0n) is 15.9. The zero-order valence-corrected chi connectivity index (χ0v) is 15.9. The van der Waals surface area contributed by atoms with Crippen molar-refractivity contribution in [1.29, 1.82) is 0 Å². The fourth-order valence-electron chi connectivity index (χ4n) is 3.49. The van der Waals surface area contributed by atoms with E-state index in [1.807, 2.05) is 16.9 Å². The number of nitrogens with one attached hydrogen (secondary N) is 2. The van der Waals surface area contributed by atoms with Gasteiger partial charge in [0.05, 0.1) is 12.2 Å². The highest BCUT2D eigenvalue weighted by Crippen LogP contribution is 2.15. The summed E-state index contributed by atoms with van der Waals surface area (Å²) in [5.41, 5.74) is 2.23. The van der Waals surface area contributed by atoms with Gasteiger partial charge in [-0.3, -0.25) is 4.90 Å². The van der Waals surface area contributed by atoms with Crippen molar-refractivity contribution in [2.24, 2.45) is 4.99 Å². The first-order valence-electron chi connectivity index (χ1n) is 9.65. The quantitative estimate of drug-likeness (QED) is 0.592. The van der Waals surface area contributed by atoms with Crippen molar-refractivity contribution in [2.45, 2.75) is 39.3 Å². The van der Waals surface area contributed by atoms with Crippen molar-refractivity contribution in [3.63, 3.8) is 0 Å². The lowest BCUT2D eigenvalue weighted by Crippen LogP contribution is -2.44. The highest BCUT2D eigenvalue weighted by atomic mass is 15.3. The van der Waals surface area contributed by atoms with Crippen LogP contribution in [0.15, 0.2) is 47.7 Å². The van der Waals surface area contributed by atoms with E-state index in [2.05, 4.69) is 58.7 Å². The van der Waals surface area contributed by atoms with Gasteiger partial charge in [-0.15, -0.1) is 0 Å². The third-order valence-electron chi connectivity index (χ3n) is 4.85. The van der Waals surface area contributed by atoms with Crippen LogP contribution in [0.25, 0.3) is 5.69 Å². The van der Waals surface area contributed by atoms with Crippen molar-refractivity contribution < 1.29 is 0 Å². The molecule has 1 aliphatic heterocycles. The summed E-state index contributed by atoms with van der Waals surface area (Å²) >= 11 is 0. The summed E-state index contributed by atoms with van der Waals surface area (Å²) in [5.74, 6) is 0.889. The van der Waals surface area contributed by atoms with E-state index < -0.39 is 0 Å². The van der Waals surface area contributed by atoms with Crippen LogP contribution < -0.4 is 10.6 Å². The van der Waals surface area contributed by atoms with Crippen LogP contribution in [-0.2, 0) is 6.54 Å². The number of hydrogen-bond acceptors (Lipinski definition) is 3. The van der Waals surface area contributed by atoms with Crippen LogP contribution in [0.4, 0.5) is 0 Å². The van der Waals surface area contributed by atoms with Gasteiger partial charge in [0.25, 0.3) is 0 Å². The van der Waals surface area contributed by atoms with E-state index >= 15 is 0 Å². The fourth-order valence-corrected chi connectivity index (χ4v) is 3.49. The predicted molar refractivity (Wildman–Crippen MR) is 107 cm³/mol. The van der Waals surface area contributed by atoms with E-state index in [1.54, 1.807) is 6.20 Å². The molecule has 1 saturated heterocycles. The van der Waals surface area contributed by atoms with Gasteiger partial charge in [-0.05, 0) is 56.6 Å². The van der Waals surface area contributed by atoms with Gasteiger partial charge in [0.2, 0.25) is 0 Å². The monoisotopic (exact) mass is 354 g/mol. The lowest BCUT2D eigenvalue weighted by Gasteiger charge is -2.24. The third kappa shape index (κ3) is 4.85. The predicted octanol–water partition coefficient (Wildman–Crippen LogP) is 2.41. The molecule has 6 nitrogen and oxygen atoms in total. The van der Waals surface area contributed by atoms with Gasteiger partial charge in [-0.2, -0.15) is 5.10 Å². The maximum atomic E-state index is 4.76. The molecule has 0 bridgehead atoms. The minimum absolute atomic E-state index is 0.618. The Labute approximate surface area is 156 Å². The molecule has 26 heavy (non-hydrogen) atoms. The Balaban J connectivity index is 1.61. The van der Waals surface area contributed by atoms with E-state index in [1.165, 1.54) is 24.9 Å². The number of aliphatic imine (C=N–C) groups is 1. The Hall–Kier alpha value is -2.34. The summed E-state index contributed by atoms with van der Waals surface area (Å²) in [5, 5.41) is 11.2. The molecule has 1 aliphatic rings. The molecule has 140 valence electrons. The molecule has 3 rings (SSSR count). The number of likely N-dealkylation sites (tertiary alicyclic amines) is 1. The Kier molecular flexibility index (Phi) is 6.66. The molecule has 0 amide bonds. The summed E-state index contributed by atoms with van der Waals surface area (Å²) in [6.45, 7) is 9.14. The van der Waals surface area contributed by atoms with Crippen LogP contribution in [0.5, 0.6) is 0 Å². The minimum Gasteiger partial charge on any atom is -0.357 e. The molecule has 0 saturated carbocycles. The smallest absolute Gasteiger partial charge is 0.191 e. The van der Waals surface area contributed by atoms with E-state index in [9.17, 15) is 0 Å². The molecule has 1 fully saturated rings. The van der Waals surface area contributed by atoms with Crippen molar-refractivity contribution in [2.75, 3.05) is 26.2 Å². The van der Waals surface area contributed by atoms with Crippen LogP contribution in [0.2, 0.25) is 0 Å². The van der Waals surface area contributed by atoms with Gasteiger partial charge in [-0.25, -0.2) is 9.67 Å². The number of nitrogens with zero attached hydrogens (tertiary/aromatic N) is 4. The summed E-state index contributed by atoms with van der Waals surface area (Å²) in [4.78, 5) is 7.31. The first-order valence-corrected chi connectivity index (χ1v) is 9.65. The third-order valence-corrected chi connectivity index (χ3v) is 4.85. The van der Waals surface area contributed by atoms with Crippen molar-refractivity contribution in [3.8, 4) is 5.69 Å². The average Bonchev–Trinajstić information content (AvgIpc) is 3.35. The fraction of sp³-hybridized carbons (Fsp3) is 0.500. The number of benzene rings is 1. The number of guanidine groups is 1. The Bertz CT molecular complexity index is 694. The highest BCUT2D eigenvalue weighted by Gasteiger charge is 2.22. The van der Waals surface area contributed by atoms with E-state index in [0.29, 0.717) is 12.6 Å². The lowest BCUT2D eigenvalue weighted by atomic mass is 10.2. The summed E-state index contributed by atoms with van der Waals surface area (Å²) in [7, 11) is 0. The van der Waals surface area contributed by atoms with Crippen molar-refractivity contribution >= 4 is 5.96 Å². The van der Waals surface area contributed by atoms with E-state index in [0.717, 1.165) is 31.3 Å². The molecule has 0 spiro atoms. The first kappa shape index (κ1) is 18.5. The van der Waals surface area contributed by atoms with E-state index in [-0.39, 0.29) is 0 Å². The van der Waals surface area contributed by atoms with Crippen LogP contribution in [0.1, 0.15) is 32.3 Å². The summed E-state index contributed by atoms with van der Waals surface area (Å²) < 4.78 is 1.87. The normalized spacial score (nSPS) is 18.2. The second-order valence-electron chi connectivity index (χ2n) is 6.62. The standard InChI is InChI=1S/C20H30N6/c1-3-21-20(23-16-19-10-6-12-25(19)4-2)22-15-17-8-5-9-18(14-17)26-13-7-11-24-26/h5,7-9,11,13-14,19H,3-4,6,10,12,15-16H2,1-2H3,(H2,21,22,23). The van der Waals surface area contributed by atoms with Gasteiger partial charge in [0, 0.05) is 31.5 Å². The summed E-state index contributed by atoms with van der Waals surface area (Å²) in [6, 6.07) is 10.9. The van der Waals surface area contributed by atoms with Crippen LogP contribution in [-0.4, -0.2) is 52.9 Å². The minimum atomic E-state index is 0.618. The molecule has 1 unspecified atom stereocenters. The molecule has 1 aromatic carbocycles. The summed E-state index contributed by atoms with van der Waals surface area (Å²) in [6.07, 6.45) is 6.32. The second-order valence-corrected chi connectivity index (χ2v) is 6.62. The Morgan fingerprint density at radius 1 is 1.27 bits per heavy atom. The Morgan fingerprint density at radius 3 is 2.96 bits per heavy atom. The number of aromatic nitrogens is 2. The molecular weight excluding hydrogens is 324 g/mol. The van der Waals surface area contributed by atoms with Gasteiger partial charge in [0.15, 0.2) is 5.96 Å². The largest absolute Gasteiger partial charge is 0.357 e. The number of rotatable bonds is 7. The van der Waals surface area contributed by atoms with Gasteiger partial charge >= 0.3 is 0 Å². The Morgan fingerprint density at radius 2 is 2.19 bits per heavy atom. The molecular formula is C20H30N6. The molecule has 0 aliphatic carbocycles. The number of likely N-dealkylation sites (N-methyl/N-ethyl adjacent to an activating group) is 1. The molecule has 6 heteroatoms. The van der Waals surface area contributed by atoms with Crippen LogP contribution in [0, 0.1) is 0 Å². The highest BCUT2D eigenvalue weighted by molar-refractivity contribution is 5.79. The number of hydrogen-bond donors (Lipinski definition) is 2. The second kappa shape index (κ2) is 9.38. The van der Waals surface area contributed by atoms with Crippen molar-refractivity contribution in [3.05, 3.63) is 48.3 Å². The first-order chi connectivity index (χ1) is 12.8. The lowest BCUT2D eigenvalue weighted by molar-refractivity contribution is 0.267. The van der Waals surface area contributed by atoms with Crippen molar-refractivity contribution in [1.82, 2.24) is 25.3 Å². The molecule has 2 N–H and O–H groups in total. The maximum absolute atomic E-state index is 4.76. The van der Waals surface area contributed by atoms with Gasteiger partial charge in [-0.1, -0.05) is 19.1 Å². The van der Waals surface area contributed by atoms with Gasteiger partial charge < -0.3 is 10.6 Å². The molecule has 2 aromatic rings. The molecule has 1 atom stereocenters. The van der Waals surface area contributed by atoms with Crippen LogP contribution >= 0.6 is 0 Å². The van der Waals surface area contributed by atoms with Crippen LogP contribution in [0.3, 0.4) is 0 Å². The SMILES string of the molecule is CCNC(=NCc1cccc(-n2cccn2)c1)NCC1CCCN1CC.